The van der Waals surface area contributed by atoms with Gasteiger partial charge in [-0.25, -0.2) is 9.67 Å². The number of hydrogen-bond donors (Lipinski definition) is 2. The predicted octanol–water partition coefficient (Wildman–Crippen LogP) is 2.27. The Morgan fingerprint density at radius 3 is 2.62 bits per heavy atom. The summed E-state index contributed by atoms with van der Waals surface area (Å²) in [5.74, 6) is -0.119. The van der Waals surface area contributed by atoms with E-state index in [4.69, 9.17) is 10.5 Å². The molecular formula is C25H29N5O4. The fourth-order valence-corrected chi connectivity index (χ4v) is 3.92. The molecule has 9 heteroatoms. The van der Waals surface area contributed by atoms with Gasteiger partial charge >= 0.3 is 0 Å². The third-order valence-corrected chi connectivity index (χ3v) is 5.85. The first-order valence-corrected chi connectivity index (χ1v) is 11.2. The number of primary amides is 1. The fraction of sp³-hybridized carbons (Fsp3) is 0.360. The Labute approximate surface area is 198 Å². The van der Waals surface area contributed by atoms with Gasteiger partial charge in [0.2, 0.25) is 5.82 Å². The number of ether oxygens (including phenoxy) is 1. The molecule has 0 unspecified atom stereocenters. The summed E-state index contributed by atoms with van der Waals surface area (Å²) in [6.45, 7) is 3.57. The lowest BCUT2D eigenvalue weighted by Crippen LogP contribution is -2.36. The number of benzene rings is 2. The van der Waals surface area contributed by atoms with Crippen molar-refractivity contribution in [3.8, 4) is 5.75 Å². The molecule has 3 N–H and O–H groups in total. The van der Waals surface area contributed by atoms with Crippen LogP contribution in [0.15, 0.2) is 48.5 Å². The molecule has 34 heavy (non-hydrogen) atoms. The summed E-state index contributed by atoms with van der Waals surface area (Å²) >= 11 is 0. The van der Waals surface area contributed by atoms with Crippen LogP contribution in [0, 0.1) is 0 Å². The minimum atomic E-state index is -0.823. The van der Waals surface area contributed by atoms with Crippen molar-refractivity contribution in [1.29, 1.82) is 0 Å². The minimum Gasteiger partial charge on any atom is -0.489 e. The first kappa shape index (κ1) is 23.4. The van der Waals surface area contributed by atoms with Crippen LogP contribution in [0.1, 0.15) is 53.9 Å². The molecule has 0 saturated carbocycles. The van der Waals surface area contributed by atoms with E-state index in [-0.39, 0.29) is 18.3 Å². The van der Waals surface area contributed by atoms with Crippen LogP contribution in [-0.2, 0) is 17.6 Å². The van der Waals surface area contributed by atoms with E-state index in [0.29, 0.717) is 36.5 Å². The van der Waals surface area contributed by atoms with Crippen molar-refractivity contribution in [3.05, 3.63) is 71.3 Å². The molecule has 9 nitrogen and oxygen atoms in total. The van der Waals surface area contributed by atoms with E-state index in [0.717, 1.165) is 11.1 Å². The summed E-state index contributed by atoms with van der Waals surface area (Å²) in [7, 11) is 1.69. The summed E-state index contributed by atoms with van der Waals surface area (Å²) in [5.41, 5.74) is 7.24. The van der Waals surface area contributed by atoms with Crippen molar-refractivity contribution in [2.45, 2.75) is 44.8 Å². The van der Waals surface area contributed by atoms with Crippen molar-refractivity contribution in [2.24, 2.45) is 5.73 Å². The van der Waals surface area contributed by atoms with E-state index in [1.165, 1.54) is 4.68 Å². The summed E-state index contributed by atoms with van der Waals surface area (Å²) in [4.78, 5) is 31.2. The zero-order valence-electron chi connectivity index (χ0n) is 19.6. The van der Waals surface area contributed by atoms with E-state index < -0.39 is 17.6 Å². The molecule has 1 aromatic heterocycles. The van der Waals surface area contributed by atoms with Crippen molar-refractivity contribution in [2.75, 3.05) is 18.6 Å². The van der Waals surface area contributed by atoms with Gasteiger partial charge in [0.15, 0.2) is 6.04 Å². The third kappa shape index (κ3) is 5.09. The van der Waals surface area contributed by atoms with Gasteiger partial charge in [-0.05, 0) is 49.9 Å². The quantitative estimate of drug-likeness (QED) is 0.554. The molecule has 2 heterocycles. The number of anilines is 1. The van der Waals surface area contributed by atoms with E-state index >= 15 is 0 Å². The van der Waals surface area contributed by atoms with Crippen LogP contribution in [-0.4, -0.2) is 50.9 Å². The van der Waals surface area contributed by atoms with Crippen molar-refractivity contribution < 1.29 is 19.4 Å². The van der Waals surface area contributed by atoms with Crippen LogP contribution in [0.4, 0.5) is 5.69 Å². The first-order chi connectivity index (χ1) is 16.1. The van der Waals surface area contributed by atoms with Gasteiger partial charge in [-0.2, -0.15) is 0 Å². The van der Waals surface area contributed by atoms with Crippen LogP contribution in [0.25, 0.3) is 0 Å². The van der Waals surface area contributed by atoms with Gasteiger partial charge in [-0.3, -0.25) is 9.59 Å². The van der Waals surface area contributed by atoms with Crippen LogP contribution in [0.3, 0.4) is 0 Å². The SMILES string of the molecule is CN1C(=O)[C@@H](n2nc(C(N)=O)nc2Cc2ccccc2)COc2ccc(CCC(C)(C)O)cc21. The molecular weight excluding hydrogens is 434 g/mol. The second-order valence-corrected chi connectivity index (χ2v) is 9.16. The normalized spacial score (nSPS) is 16.1. The third-order valence-electron chi connectivity index (χ3n) is 5.85. The molecule has 1 aliphatic heterocycles. The topological polar surface area (TPSA) is 124 Å². The van der Waals surface area contributed by atoms with E-state index in [9.17, 15) is 14.7 Å². The van der Waals surface area contributed by atoms with E-state index in [1.807, 2.05) is 48.5 Å². The summed E-state index contributed by atoms with van der Waals surface area (Å²) in [5, 5.41) is 14.3. The number of nitrogens with two attached hydrogens (primary N) is 1. The smallest absolute Gasteiger partial charge is 0.288 e. The van der Waals surface area contributed by atoms with Gasteiger partial charge in [0.25, 0.3) is 11.8 Å². The maximum absolute atomic E-state index is 13.5. The average molecular weight is 464 g/mol. The minimum absolute atomic E-state index is 0.0303. The maximum Gasteiger partial charge on any atom is 0.288 e. The lowest BCUT2D eigenvalue weighted by molar-refractivity contribution is -0.122. The molecule has 2 aromatic carbocycles. The highest BCUT2D eigenvalue weighted by atomic mass is 16.5. The number of hydrogen-bond acceptors (Lipinski definition) is 6. The Morgan fingerprint density at radius 2 is 1.94 bits per heavy atom. The van der Waals surface area contributed by atoms with Gasteiger partial charge in [-0.1, -0.05) is 36.4 Å². The summed E-state index contributed by atoms with van der Waals surface area (Å²) in [6, 6.07) is 14.5. The van der Waals surface area contributed by atoms with Crippen LogP contribution < -0.4 is 15.4 Å². The number of rotatable bonds is 7. The second-order valence-electron chi connectivity index (χ2n) is 9.16. The monoisotopic (exact) mass is 463 g/mol. The summed E-state index contributed by atoms with van der Waals surface area (Å²) in [6.07, 6.45) is 1.63. The first-order valence-electron chi connectivity index (χ1n) is 11.2. The Hall–Kier alpha value is -3.72. The molecule has 1 aliphatic rings. The van der Waals surface area contributed by atoms with Crippen molar-refractivity contribution >= 4 is 17.5 Å². The largest absolute Gasteiger partial charge is 0.489 e. The highest BCUT2D eigenvalue weighted by Gasteiger charge is 2.34. The number of aryl methyl sites for hydroxylation is 1. The number of amides is 2. The Morgan fingerprint density at radius 1 is 1.21 bits per heavy atom. The van der Waals surface area contributed by atoms with Crippen molar-refractivity contribution in [1.82, 2.24) is 14.8 Å². The number of carbonyl (C=O) groups excluding carboxylic acids is 2. The fourth-order valence-electron chi connectivity index (χ4n) is 3.92. The Bertz CT molecular complexity index is 1200. The molecule has 2 amide bonds. The molecule has 0 bridgehead atoms. The Balaban J connectivity index is 1.65. The zero-order valence-corrected chi connectivity index (χ0v) is 19.6. The van der Waals surface area contributed by atoms with Gasteiger partial charge in [0, 0.05) is 13.5 Å². The molecule has 0 aliphatic carbocycles. The average Bonchev–Trinajstić information content (AvgIpc) is 3.16. The molecule has 0 radical (unpaired) electrons. The number of fused-ring (bicyclic) bond motifs is 1. The number of likely N-dealkylation sites (N-methyl/N-ethyl adjacent to an activating group) is 1. The van der Waals surface area contributed by atoms with Gasteiger partial charge in [0.05, 0.1) is 11.3 Å². The van der Waals surface area contributed by atoms with Gasteiger partial charge in [0.1, 0.15) is 18.2 Å². The molecule has 3 aromatic rings. The molecule has 178 valence electrons. The van der Waals surface area contributed by atoms with Crippen molar-refractivity contribution in [3.63, 3.8) is 0 Å². The van der Waals surface area contributed by atoms with Crippen LogP contribution in [0.5, 0.6) is 5.75 Å². The molecule has 0 fully saturated rings. The number of carbonyl (C=O) groups is 2. The highest BCUT2D eigenvalue weighted by Crippen LogP contribution is 2.34. The molecule has 1 atom stereocenters. The second kappa shape index (κ2) is 9.26. The number of aromatic nitrogens is 3. The standard InChI is InChI=1S/C25H29N5O4/c1-25(2,33)12-11-17-9-10-20-18(13-17)29(3)24(32)19(15-34-20)30-21(27-23(28-30)22(26)31)14-16-7-5-4-6-8-16/h4-10,13,19,33H,11-12,14-15H2,1-3H3,(H2,26,31)/t19-/m0/s1. The molecule has 4 rings (SSSR count). The summed E-state index contributed by atoms with van der Waals surface area (Å²) < 4.78 is 7.47. The molecule has 0 spiro atoms. The number of aliphatic hydroxyl groups is 1. The van der Waals surface area contributed by atoms with Gasteiger partial charge in [-0.15, -0.1) is 5.10 Å². The van der Waals surface area contributed by atoms with Gasteiger partial charge < -0.3 is 20.5 Å². The maximum atomic E-state index is 13.5. The Kier molecular flexibility index (Phi) is 6.39. The highest BCUT2D eigenvalue weighted by molar-refractivity contribution is 5.98. The van der Waals surface area contributed by atoms with E-state index in [2.05, 4.69) is 10.1 Å². The van der Waals surface area contributed by atoms with Crippen LogP contribution in [0.2, 0.25) is 0 Å². The lowest BCUT2D eigenvalue weighted by Gasteiger charge is -2.21. The number of nitrogens with zero attached hydrogens (tertiary/aromatic N) is 4. The lowest BCUT2D eigenvalue weighted by atomic mass is 9.98. The molecule has 0 saturated heterocycles. The zero-order chi connectivity index (χ0) is 24.5. The van der Waals surface area contributed by atoms with E-state index in [1.54, 1.807) is 25.8 Å². The van der Waals surface area contributed by atoms with Crippen LogP contribution >= 0.6 is 0 Å². The predicted molar refractivity (Wildman–Crippen MR) is 127 cm³/mol.